The zero-order chi connectivity index (χ0) is 7.33. The molecule has 0 radical (unpaired) electrons. The SMILES string of the molecule is C=CC[Si](C)(Cl)CC=C. The molecule has 0 aromatic carbocycles. The molecule has 0 rings (SSSR count). The monoisotopic (exact) mass is 160 g/mol. The van der Waals surface area contributed by atoms with Crippen molar-refractivity contribution in [2.45, 2.75) is 18.6 Å². The van der Waals surface area contributed by atoms with Crippen LogP contribution in [0.3, 0.4) is 0 Å². The number of allylic oxidation sites excluding steroid dienone is 2. The Morgan fingerprint density at radius 2 is 1.67 bits per heavy atom. The van der Waals surface area contributed by atoms with Gasteiger partial charge in [0.2, 0.25) is 0 Å². The largest absolute Gasteiger partial charge is 0.167 e. The molecule has 0 N–H and O–H groups in total. The van der Waals surface area contributed by atoms with Crippen molar-refractivity contribution >= 4 is 18.5 Å². The van der Waals surface area contributed by atoms with Gasteiger partial charge < -0.3 is 0 Å². The first-order valence-electron chi connectivity index (χ1n) is 3.03. The highest BCUT2D eigenvalue weighted by atomic mass is 35.6. The number of rotatable bonds is 4. The standard InChI is InChI=1S/C7H13ClSi/c1-4-6-9(3,8)7-5-2/h4-5H,1-2,6-7H2,3H3. The molecule has 2 heteroatoms. The molecule has 0 fully saturated rings. The van der Waals surface area contributed by atoms with Crippen LogP contribution in [0.25, 0.3) is 0 Å². The second-order valence-corrected chi connectivity index (χ2v) is 8.78. The van der Waals surface area contributed by atoms with Gasteiger partial charge in [-0.25, -0.2) is 0 Å². The van der Waals surface area contributed by atoms with E-state index in [-0.39, 0.29) is 0 Å². The van der Waals surface area contributed by atoms with E-state index in [0.717, 1.165) is 12.1 Å². The Bertz CT molecular complexity index is 95.5. The fraction of sp³-hybridized carbons (Fsp3) is 0.429. The van der Waals surface area contributed by atoms with Gasteiger partial charge in [0, 0.05) is 0 Å². The van der Waals surface area contributed by atoms with Gasteiger partial charge in [-0.3, -0.25) is 0 Å². The molecular weight excluding hydrogens is 148 g/mol. The third kappa shape index (κ3) is 4.49. The van der Waals surface area contributed by atoms with Gasteiger partial charge in [-0.15, -0.1) is 13.2 Å². The molecule has 0 spiro atoms. The van der Waals surface area contributed by atoms with Gasteiger partial charge in [0.05, 0.1) is 0 Å². The van der Waals surface area contributed by atoms with E-state index in [4.69, 9.17) is 11.1 Å². The molecule has 0 unspecified atom stereocenters. The second kappa shape index (κ2) is 3.91. The van der Waals surface area contributed by atoms with Gasteiger partial charge in [0.25, 0.3) is 0 Å². The van der Waals surface area contributed by atoms with Gasteiger partial charge in [0.15, 0.2) is 7.38 Å². The van der Waals surface area contributed by atoms with Crippen LogP contribution in [-0.4, -0.2) is 7.38 Å². The highest BCUT2D eigenvalue weighted by Gasteiger charge is 2.19. The first-order chi connectivity index (χ1) is 4.12. The lowest BCUT2D eigenvalue weighted by molar-refractivity contribution is 1.50. The summed E-state index contributed by atoms with van der Waals surface area (Å²) < 4.78 is 0. The molecule has 0 atom stereocenters. The van der Waals surface area contributed by atoms with E-state index >= 15 is 0 Å². The average molecular weight is 161 g/mol. The summed E-state index contributed by atoms with van der Waals surface area (Å²) in [5.41, 5.74) is 0. The smallest absolute Gasteiger partial charge is 0.160 e. The maximum Gasteiger partial charge on any atom is 0.160 e. The predicted molar refractivity (Wildman–Crippen MR) is 47.5 cm³/mol. The lowest BCUT2D eigenvalue weighted by Crippen LogP contribution is -2.18. The van der Waals surface area contributed by atoms with Crippen molar-refractivity contribution in [1.82, 2.24) is 0 Å². The van der Waals surface area contributed by atoms with Gasteiger partial charge in [-0.2, -0.15) is 11.1 Å². The number of hydrogen-bond donors (Lipinski definition) is 0. The summed E-state index contributed by atoms with van der Waals surface area (Å²) in [6, 6.07) is 1.95. The minimum atomic E-state index is -1.47. The molecule has 0 aliphatic heterocycles. The minimum Gasteiger partial charge on any atom is -0.167 e. The Balaban J connectivity index is 3.68. The summed E-state index contributed by atoms with van der Waals surface area (Å²) in [6.07, 6.45) is 3.78. The lowest BCUT2D eigenvalue weighted by Gasteiger charge is -2.13. The van der Waals surface area contributed by atoms with Crippen LogP contribution in [0.5, 0.6) is 0 Å². The Labute approximate surface area is 62.9 Å². The third-order valence-electron chi connectivity index (χ3n) is 1.14. The summed E-state index contributed by atoms with van der Waals surface area (Å²) >= 11 is 6.13. The van der Waals surface area contributed by atoms with Crippen LogP contribution in [0.15, 0.2) is 25.3 Å². The van der Waals surface area contributed by atoms with E-state index in [2.05, 4.69) is 19.7 Å². The van der Waals surface area contributed by atoms with Crippen LogP contribution >= 0.6 is 11.1 Å². The van der Waals surface area contributed by atoms with Crippen LogP contribution in [0.1, 0.15) is 0 Å². The summed E-state index contributed by atoms with van der Waals surface area (Å²) in [5.74, 6) is 0. The van der Waals surface area contributed by atoms with Crippen molar-refractivity contribution in [2.24, 2.45) is 0 Å². The molecule has 0 aliphatic carbocycles. The first kappa shape index (κ1) is 8.99. The Morgan fingerprint density at radius 1 is 1.33 bits per heavy atom. The molecule has 0 heterocycles. The van der Waals surface area contributed by atoms with Crippen molar-refractivity contribution in [1.29, 1.82) is 0 Å². The summed E-state index contributed by atoms with van der Waals surface area (Å²) in [4.78, 5) is 0. The maximum atomic E-state index is 6.13. The topological polar surface area (TPSA) is 0 Å². The molecule has 0 saturated carbocycles. The minimum absolute atomic E-state index is 0.973. The van der Waals surface area contributed by atoms with Crippen LogP contribution < -0.4 is 0 Å². The molecule has 9 heavy (non-hydrogen) atoms. The fourth-order valence-corrected chi connectivity index (χ4v) is 2.71. The summed E-state index contributed by atoms with van der Waals surface area (Å²) in [6.45, 7) is 9.41. The zero-order valence-corrected chi connectivity index (χ0v) is 7.62. The third-order valence-corrected chi connectivity index (χ3v) is 4.35. The van der Waals surface area contributed by atoms with Crippen LogP contribution in [0.4, 0.5) is 0 Å². The molecule has 0 aromatic heterocycles. The Kier molecular flexibility index (Phi) is 3.90. The van der Waals surface area contributed by atoms with E-state index < -0.39 is 7.38 Å². The molecule has 0 aromatic rings. The van der Waals surface area contributed by atoms with Gasteiger partial charge in [0.1, 0.15) is 0 Å². The molecule has 0 saturated heterocycles. The number of halogens is 1. The predicted octanol–water partition coefficient (Wildman–Crippen LogP) is 3.17. The van der Waals surface area contributed by atoms with E-state index in [9.17, 15) is 0 Å². The Morgan fingerprint density at radius 3 is 1.89 bits per heavy atom. The van der Waals surface area contributed by atoms with Gasteiger partial charge in [-0.1, -0.05) is 18.7 Å². The van der Waals surface area contributed by atoms with Crippen molar-refractivity contribution in [2.75, 3.05) is 0 Å². The molecular formula is C7H13ClSi. The van der Waals surface area contributed by atoms with Crippen LogP contribution in [0.2, 0.25) is 18.6 Å². The normalized spacial score (nSPS) is 10.9. The maximum absolute atomic E-state index is 6.13. The van der Waals surface area contributed by atoms with E-state index in [0.29, 0.717) is 0 Å². The van der Waals surface area contributed by atoms with Crippen molar-refractivity contribution in [3.05, 3.63) is 25.3 Å². The zero-order valence-electron chi connectivity index (χ0n) is 5.86. The fourth-order valence-electron chi connectivity index (χ4n) is 0.685. The Hall–Kier alpha value is -0.0131. The quantitative estimate of drug-likeness (QED) is 0.337. The molecule has 0 bridgehead atoms. The second-order valence-electron chi connectivity index (χ2n) is 2.40. The lowest BCUT2D eigenvalue weighted by atomic mass is 10.7. The molecule has 0 amide bonds. The molecule has 0 nitrogen and oxygen atoms in total. The first-order valence-corrected chi connectivity index (χ1v) is 6.96. The van der Waals surface area contributed by atoms with Gasteiger partial charge >= 0.3 is 0 Å². The van der Waals surface area contributed by atoms with Crippen LogP contribution in [-0.2, 0) is 0 Å². The summed E-state index contributed by atoms with van der Waals surface area (Å²) in [5, 5.41) is 0. The van der Waals surface area contributed by atoms with Crippen molar-refractivity contribution < 1.29 is 0 Å². The van der Waals surface area contributed by atoms with Crippen molar-refractivity contribution in [3.63, 3.8) is 0 Å². The summed E-state index contributed by atoms with van der Waals surface area (Å²) in [7, 11) is -1.47. The highest BCUT2D eigenvalue weighted by molar-refractivity contribution is 7.20. The van der Waals surface area contributed by atoms with E-state index in [1.165, 1.54) is 0 Å². The van der Waals surface area contributed by atoms with E-state index in [1.54, 1.807) is 0 Å². The molecule has 0 aliphatic rings. The van der Waals surface area contributed by atoms with Gasteiger partial charge in [-0.05, 0) is 12.1 Å². The van der Waals surface area contributed by atoms with E-state index in [1.807, 2.05) is 12.2 Å². The van der Waals surface area contributed by atoms with Crippen molar-refractivity contribution in [3.8, 4) is 0 Å². The van der Waals surface area contributed by atoms with Crippen LogP contribution in [0, 0.1) is 0 Å². The number of hydrogen-bond acceptors (Lipinski definition) is 0. The molecule has 52 valence electrons. The average Bonchev–Trinajstić information content (AvgIpc) is 1.64. The highest BCUT2D eigenvalue weighted by Crippen LogP contribution is 2.20.